The SMILES string of the molecule is CCC(C)NC(=O)c1cccc(CNC(=O)c2ccc(NS(=O)(=O)c3ccccc3)cc2)c1. The van der Waals surface area contributed by atoms with Crippen LogP contribution in [0.15, 0.2) is 83.8 Å². The summed E-state index contributed by atoms with van der Waals surface area (Å²) in [5, 5.41) is 5.74. The summed E-state index contributed by atoms with van der Waals surface area (Å²) >= 11 is 0. The molecule has 2 amide bonds. The summed E-state index contributed by atoms with van der Waals surface area (Å²) in [5.41, 5.74) is 2.09. The topological polar surface area (TPSA) is 104 Å². The average Bonchev–Trinajstić information content (AvgIpc) is 2.83. The Balaban J connectivity index is 1.59. The molecule has 0 saturated carbocycles. The lowest BCUT2D eigenvalue weighted by molar-refractivity contribution is 0.0936. The van der Waals surface area contributed by atoms with Gasteiger partial charge in [0.25, 0.3) is 21.8 Å². The van der Waals surface area contributed by atoms with Crippen molar-refractivity contribution in [1.29, 1.82) is 0 Å². The number of nitrogens with one attached hydrogen (secondary N) is 3. The predicted octanol–water partition coefficient (Wildman–Crippen LogP) is 3.95. The fourth-order valence-corrected chi connectivity index (χ4v) is 4.10. The normalized spacial score (nSPS) is 11.9. The Kier molecular flexibility index (Phi) is 7.84. The van der Waals surface area contributed by atoms with Crippen LogP contribution in [0, 0.1) is 0 Å². The van der Waals surface area contributed by atoms with Crippen molar-refractivity contribution in [3.05, 3.63) is 95.6 Å². The van der Waals surface area contributed by atoms with E-state index in [2.05, 4.69) is 15.4 Å². The molecule has 3 aromatic rings. The third-order valence-corrected chi connectivity index (χ3v) is 6.48. The van der Waals surface area contributed by atoms with E-state index < -0.39 is 10.0 Å². The van der Waals surface area contributed by atoms with Crippen molar-refractivity contribution >= 4 is 27.5 Å². The number of carbonyl (C=O) groups excluding carboxylic acids is 2. The summed E-state index contributed by atoms with van der Waals surface area (Å²) in [7, 11) is -3.70. The van der Waals surface area contributed by atoms with Crippen molar-refractivity contribution in [2.24, 2.45) is 0 Å². The minimum atomic E-state index is -3.70. The van der Waals surface area contributed by atoms with E-state index in [-0.39, 0.29) is 29.3 Å². The largest absolute Gasteiger partial charge is 0.350 e. The molecule has 33 heavy (non-hydrogen) atoms. The smallest absolute Gasteiger partial charge is 0.261 e. The van der Waals surface area contributed by atoms with E-state index in [1.165, 1.54) is 24.3 Å². The Bertz CT molecular complexity index is 1210. The van der Waals surface area contributed by atoms with Gasteiger partial charge in [0.1, 0.15) is 0 Å². The molecule has 0 aliphatic heterocycles. The number of carbonyl (C=O) groups is 2. The van der Waals surface area contributed by atoms with Crippen LogP contribution in [-0.4, -0.2) is 26.3 Å². The first-order chi connectivity index (χ1) is 15.8. The molecule has 1 unspecified atom stereocenters. The highest BCUT2D eigenvalue weighted by molar-refractivity contribution is 7.92. The van der Waals surface area contributed by atoms with Crippen LogP contribution in [0.2, 0.25) is 0 Å². The first kappa shape index (κ1) is 24.0. The summed E-state index contributed by atoms with van der Waals surface area (Å²) in [6, 6.07) is 21.4. The minimum Gasteiger partial charge on any atom is -0.350 e. The van der Waals surface area contributed by atoms with Gasteiger partial charge in [0.15, 0.2) is 0 Å². The van der Waals surface area contributed by atoms with Gasteiger partial charge in [-0.15, -0.1) is 0 Å². The van der Waals surface area contributed by atoms with Crippen LogP contribution in [0.4, 0.5) is 5.69 Å². The highest BCUT2D eigenvalue weighted by Crippen LogP contribution is 2.16. The second-order valence-corrected chi connectivity index (χ2v) is 9.34. The van der Waals surface area contributed by atoms with Crippen LogP contribution in [0.1, 0.15) is 46.5 Å². The molecule has 0 fully saturated rings. The van der Waals surface area contributed by atoms with Gasteiger partial charge in [-0.1, -0.05) is 37.3 Å². The predicted molar refractivity (Wildman–Crippen MR) is 129 cm³/mol. The zero-order valence-corrected chi connectivity index (χ0v) is 19.4. The molecule has 0 aliphatic carbocycles. The number of hydrogen-bond acceptors (Lipinski definition) is 4. The lowest BCUT2D eigenvalue weighted by Crippen LogP contribution is -2.32. The molecule has 0 heterocycles. The molecular formula is C25H27N3O4S. The Morgan fingerprint density at radius 1 is 0.848 bits per heavy atom. The maximum Gasteiger partial charge on any atom is 0.261 e. The molecule has 172 valence electrons. The fraction of sp³-hybridized carbons (Fsp3) is 0.200. The van der Waals surface area contributed by atoms with Crippen LogP contribution >= 0.6 is 0 Å². The van der Waals surface area contributed by atoms with Gasteiger partial charge in [0.05, 0.1) is 4.90 Å². The Labute approximate surface area is 194 Å². The zero-order chi connectivity index (χ0) is 23.8. The third kappa shape index (κ3) is 6.66. The second-order valence-electron chi connectivity index (χ2n) is 7.66. The molecule has 0 aliphatic rings. The monoisotopic (exact) mass is 465 g/mol. The first-order valence-electron chi connectivity index (χ1n) is 10.6. The van der Waals surface area contributed by atoms with Crippen LogP contribution < -0.4 is 15.4 Å². The lowest BCUT2D eigenvalue weighted by Gasteiger charge is -2.12. The van der Waals surface area contributed by atoms with Gasteiger partial charge in [0.2, 0.25) is 0 Å². The molecule has 1 atom stereocenters. The third-order valence-electron chi connectivity index (χ3n) is 5.08. The molecule has 0 radical (unpaired) electrons. The second kappa shape index (κ2) is 10.8. The highest BCUT2D eigenvalue weighted by Gasteiger charge is 2.14. The number of anilines is 1. The van der Waals surface area contributed by atoms with Crippen LogP contribution in [0.3, 0.4) is 0 Å². The summed E-state index contributed by atoms with van der Waals surface area (Å²) in [6.07, 6.45) is 0.841. The molecule has 3 aromatic carbocycles. The average molecular weight is 466 g/mol. The van der Waals surface area contributed by atoms with Gasteiger partial charge in [-0.2, -0.15) is 0 Å². The van der Waals surface area contributed by atoms with Crippen molar-refractivity contribution in [1.82, 2.24) is 10.6 Å². The number of hydrogen-bond donors (Lipinski definition) is 3. The summed E-state index contributed by atoms with van der Waals surface area (Å²) < 4.78 is 27.3. The molecule has 0 bridgehead atoms. The Morgan fingerprint density at radius 2 is 1.55 bits per heavy atom. The van der Waals surface area contributed by atoms with Gasteiger partial charge in [-0.3, -0.25) is 14.3 Å². The van der Waals surface area contributed by atoms with Crippen LogP contribution in [0.5, 0.6) is 0 Å². The van der Waals surface area contributed by atoms with E-state index in [0.29, 0.717) is 16.8 Å². The van der Waals surface area contributed by atoms with Crippen LogP contribution in [0.25, 0.3) is 0 Å². The number of amides is 2. The fourth-order valence-electron chi connectivity index (χ4n) is 3.02. The molecule has 0 spiro atoms. The van der Waals surface area contributed by atoms with E-state index in [4.69, 9.17) is 0 Å². The van der Waals surface area contributed by atoms with Crippen LogP contribution in [-0.2, 0) is 16.6 Å². The standard InChI is InChI=1S/C25H27N3O4S/c1-3-18(2)27-25(30)21-9-7-8-19(16-21)17-26-24(29)20-12-14-22(15-13-20)28-33(31,32)23-10-5-4-6-11-23/h4-16,18,28H,3,17H2,1-2H3,(H,26,29)(H,27,30). The van der Waals surface area contributed by atoms with Gasteiger partial charge >= 0.3 is 0 Å². The number of rotatable bonds is 9. The van der Waals surface area contributed by atoms with Crippen molar-refractivity contribution < 1.29 is 18.0 Å². The Morgan fingerprint density at radius 3 is 2.21 bits per heavy atom. The van der Waals surface area contributed by atoms with E-state index in [9.17, 15) is 18.0 Å². The molecule has 0 saturated heterocycles. The molecule has 3 N–H and O–H groups in total. The molecule has 3 rings (SSSR count). The van der Waals surface area contributed by atoms with E-state index in [0.717, 1.165) is 12.0 Å². The highest BCUT2D eigenvalue weighted by atomic mass is 32.2. The van der Waals surface area contributed by atoms with Gasteiger partial charge in [-0.05, 0) is 67.4 Å². The van der Waals surface area contributed by atoms with Gasteiger partial charge in [-0.25, -0.2) is 8.42 Å². The molecule has 7 nitrogen and oxygen atoms in total. The van der Waals surface area contributed by atoms with Crippen molar-refractivity contribution in [3.63, 3.8) is 0 Å². The van der Waals surface area contributed by atoms with E-state index in [1.807, 2.05) is 19.9 Å². The van der Waals surface area contributed by atoms with E-state index in [1.54, 1.807) is 48.5 Å². The van der Waals surface area contributed by atoms with Gasteiger partial charge in [0, 0.05) is 29.4 Å². The maximum atomic E-state index is 12.5. The summed E-state index contributed by atoms with van der Waals surface area (Å²) in [5.74, 6) is -0.451. The summed E-state index contributed by atoms with van der Waals surface area (Å²) in [6.45, 7) is 4.20. The van der Waals surface area contributed by atoms with Crippen molar-refractivity contribution in [2.75, 3.05) is 4.72 Å². The van der Waals surface area contributed by atoms with Crippen molar-refractivity contribution in [3.8, 4) is 0 Å². The Hall–Kier alpha value is -3.65. The molecule has 8 heteroatoms. The quantitative estimate of drug-likeness (QED) is 0.445. The van der Waals surface area contributed by atoms with Gasteiger partial charge < -0.3 is 10.6 Å². The number of sulfonamides is 1. The number of benzene rings is 3. The zero-order valence-electron chi connectivity index (χ0n) is 18.5. The molecular weight excluding hydrogens is 438 g/mol. The van der Waals surface area contributed by atoms with E-state index >= 15 is 0 Å². The van der Waals surface area contributed by atoms with Crippen molar-refractivity contribution in [2.45, 2.75) is 37.8 Å². The maximum absolute atomic E-state index is 12.5. The lowest BCUT2D eigenvalue weighted by atomic mass is 10.1. The first-order valence-corrected chi connectivity index (χ1v) is 12.1. The summed E-state index contributed by atoms with van der Waals surface area (Å²) in [4.78, 5) is 25.0. The molecule has 0 aromatic heterocycles. The minimum absolute atomic E-state index is 0.0843.